The highest BCUT2D eigenvalue weighted by Gasteiger charge is 2.72. The van der Waals surface area contributed by atoms with Crippen molar-refractivity contribution in [3.8, 4) is 0 Å². The molecule has 4 aliphatic heterocycles. The number of hydrogen-bond donors (Lipinski definition) is 1. The van der Waals surface area contributed by atoms with Crippen molar-refractivity contribution in [2.24, 2.45) is 0 Å². The quantitative estimate of drug-likeness (QED) is 0.473. The van der Waals surface area contributed by atoms with Crippen molar-refractivity contribution in [2.75, 3.05) is 0 Å². The summed E-state index contributed by atoms with van der Waals surface area (Å²) in [6.45, 7) is 0. The molecule has 20 heavy (non-hydrogen) atoms. The van der Waals surface area contributed by atoms with Crippen LogP contribution in [0.5, 0.6) is 0 Å². The van der Waals surface area contributed by atoms with Gasteiger partial charge in [0.2, 0.25) is 18.5 Å². The fourth-order valence-corrected chi connectivity index (χ4v) is 3.44. The lowest BCUT2D eigenvalue weighted by atomic mass is 9.77. The average Bonchev–Trinajstić information content (AvgIpc) is 2.24. The maximum absolute atomic E-state index is 11.1. The number of hydrazine groups is 3. The smallest absolute Gasteiger partial charge is 0.225 e. The van der Waals surface area contributed by atoms with E-state index in [1.807, 2.05) is 0 Å². The first-order chi connectivity index (χ1) is 9.25. The number of hydrogen-bond acceptors (Lipinski definition) is 7. The Bertz CT molecular complexity index is 431. The summed E-state index contributed by atoms with van der Waals surface area (Å²) in [5.41, 5.74) is -1.34. The third-order valence-corrected chi connectivity index (χ3v) is 4.09. The minimum atomic E-state index is -1.34. The van der Waals surface area contributed by atoms with Crippen molar-refractivity contribution in [3.63, 3.8) is 0 Å². The van der Waals surface area contributed by atoms with Gasteiger partial charge in [0.05, 0.1) is 5.60 Å². The summed E-state index contributed by atoms with van der Waals surface area (Å²) in [5, 5.41) is 42.3. The molecule has 0 unspecified atom stereocenters. The molecule has 0 amide bonds. The first-order valence-corrected chi connectivity index (χ1v) is 5.75. The fraction of sp³-hybridized carbons (Fsp3) is 1.00. The number of nitro groups is 3. The molecule has 13 nitrogen and oxygen atoms in total. The van der Waals surface area contributed by atoms with Crippen molar-refractivity contribution >= 4 is 0 Å². The van der Waals surface area contributed by atoms with Crippen LogP contribution in [0.15, 0.2) is 0 Å². The van der Waals surface area contributed by atoms with Crippen molar-refractivity contribution < 1.29 is 20.2 Å². The van der Waals surface area contributed by atoms with E-state index in [9.17, 15) is 35.4 Å². The van der Waals surface area contributed by atoms with E-state index in [1.165, 1.54) is 0 Å². The van der Waals surface area contributed by atoms with E-state index in [0.29, 0.717) is 15.0 Å². The van der Waals surface area contributed by atoms with Crippen LogP contribution in [0.25, 0.3) is 0 Å². The molecule has 4 rings (SSSR count). The minimum absolute atomic E-state index is 0.187. The Hall–Kier alpha value is -2.44. The molecule has 0 spiro atoms. The summed E-state index contributed by atoms with van der Waals surface area (Å²) in [5.74, 6) is 0. The molecule has 4 heterocycles. The van der Waals surface area contributed by atoms with E-state index in [2.05, 4.69) is 0 Å². The first kappa shape index (κ1) is 12.6. The molecule has 1 N–H and O–H groups in total. The number of aliphatic hydroxyl groups is 1. The molecule has 0 radical (unpaired) electrons. The standard InChI is InChI=1S/C7H10N6O7/c14-7-1-4-8(11(15)16)5(2-7)10(13(19)20)6(3-7)9(4)12(17)18/h4-6,14H,1-3H2. The third-order valence-electron chi connectivity index (χ3n) is 4.09. The van der Waals surface area contributed by atoms with Crippen molar-refractivity contribution in [1.29, 1.82) is 0 Å². The number of nitrogens with zero attached hydrogens (tertiary/aromatic N) is 6. The summed E-state index contributed by atoms with van der Waals surface area (Å²) in [7, 11) is 0. The van der Waals surface area contributed by atoms with Gasteiger partial charge in [0, 0.05) is 19.3 Å². The maximum atomic E-state index is 11.1. The molecular weight excluding hydrogens is 280 g/mol. The molecule has 4 fully saturated rings. The molecule has 0 aromatic rings. The monoisotopic (exact) mass is 290 g/mol. The lowest BCUT2D eigenvalue weighted by molar-refractivity contribution is -0.821. The molecule has 4 saturated heterocycles. The molecular formula is C7H10N6O7. The van der Waals surface area contributed by atoms with Crippen LogP contribution in [0, 0.1) is 30.3 Å². The van der Waals surface area contributed by atoms with Crippen LogP contribution < -0.4 is 0 Å². The van der Waals surface area contributed by atoms with Gasteiger partial charge in [-0.2, -0.15) is 0 Å². The number of rotatable bonds is 3. The van der Waals surface area contributed by atoms with Crippen molar-refractivity contribution in [1.82, 2.24) is 15.0 Å². The largest absolute Gasteiger partial charge is 0.389 e. The van der Waals surface area contributed by atoms with Crippen LogP contribution in [0.3, 0.4) is 0 Å². The second-order valence-corrected chi connectivity index (χ2v) is 5.13. The van der Waals surface area contributed by atoms with Gasteiger partial charge in [0.1, 0.15) is 0 Å². The van der Waals surface area contributed by atoms with E-state index in [0.717, 1.165) is 0 Å². The molecule has 0 saturated carbocycles. The van der Waals surface area contributed by atoms with E-state index in [1.54, 1.807) is 0 Å². The second kappa shape index (κ2) is 3.56. The van der Waals surface area contributed by atoms with Crippen LogP contribution >= 0.6 is 0 Å². The average molecular weight is 290 g/mol. The molecule has 0 atom stereocenters. The highest BCUT2D eigenvalue weighted by atomic mass is 16.7. The lowest BCUT2D eigenvalue weighted by Crippen LogP contribution is -2.82. The Morgan fingerprint density at radius 3 is 1.25 bits per heavy atom. The molecule has 0 aliphatic carbocycles. The minimum Gasteiger partial charge on any atom is -0.389 e. The maximum Gasteiger partial charge on any atom is 0.225 e. The van der Waals surface area contributed by atoms with Gasteiger partial charge in [-0.05, 0) is 0 Å². The lowest BCUT2D eigenvalue weighted by Gasteiger charge is -2.57. The normalized spacial score (nSPS) is 38.2. The Balaban J connectivity index is 2.10. The molecule has 4 bridgehead atoms. The zero-order valence-electron chi connectivity index (χ0n) is 9.93. The molecule has 4 aliphatic rings. The van der Waals surface area contributed by atoms with Gasteiger partial charge >= 0.3 is 0 Å². The van der Waals surface area contributed by atoms with Gasteiger partial charge in [-0.3, -0.25) is 0 Å². The van der Waals surface area contributed by atoms with Crippen LogP contribution in [-0.4, -0.2) is 59.3 Å². The highest BCUT2D eigenvalue weighted by Crippen LogP contribution is 2.48. The van der Waals surface area contributed by atoms with E-state index >= 15 is 0 Å². The topological polar surface area (TPSA) is 159 Å². The van der Waals surface area contributed by atoms with E-state index < -0.39 is 39.2 Å². The van der Waals surface area contributed by atoms with Crippen molar-refractivity contribution in [2.45, 2.75) is 43.4 Å². The third kappa shape index (κ3) is 1.40. The number of piperidine rings is 3. The Labute approximate surface area is 110 Å². The SMILES string of the molecule is O=[N+]([O-])N1C2CC3(O)CC1N([N+](=O)[O-])C(C3)N2[N+](=O)[O-]. The molecule has 13 heteroatoms. The molecule has 110 valence electrons. The first-order valence-electron chi connectivity index (χ1n) is 5.75. The predicted molar refractivity (Wildman–Crippen MR) is 56.7 cm³/mol. The van der Waals surface area contributed by atoms with E-state index in [4.69, 9.17) is 0 Å². The summed E-state index contributed by atoms with van der Waals surface area (Å²) < 4.78 is 0. The van der Waals surface area contributed by atoms with Gasteiger partial charge in [-0.25, -0.2) is 30.3 Å². The fourth-order valence-electron chi connectivity index (χ4n) is 3.44. The van der Waals surface area contributed by atoms with Crippen LogP contribution in [0.1, 0.15) is 19.3 Å². The van der Waals surface area contributed by atoms with Crippen LogP contribution in [0.2, 0.25) is 0 Å². The zero-order valence-corrected chi connectivity index (χ0v) is 9.93. The Morgan fingerprint density at radius 2 is 1.05 bits per heavy atom. The van der Waals surface area contributed by atoms with Crippen LogP contribution in [-0.2, 0) is 0 Å². The Kier molecular flexibility index (Phi) is 2.24. The second-order valence-electron chi connectivity index (χ2n) is 5.13. The van der Waals surface area contributed by atoms with Gasteiger partial charge < -0.3 is 5.11 Å². The van der Waals surface area contributed by atoms with E-state index in [-0.39, 0.29) is 19.3 Å². The highest BCUT2D eigenvalue weighted by molar-refractivity contribution is 5.04. The van der Waals surface area contributed by atoms with Gasteiger partial charge in [-0.15, -0.1) is 0 Å². The molecule has 0 aromatic carbocycles. The molecule has 0 aromatic heterocycles. The zero-order chi connectivity index (χ0) is 14.8. The summed E-state index contributed by atoms with van der Waals surface area (Å²) in [4.78, 5) is 33.2. The summed E-state index contributed by atoms with van der Waals surface area (Å²) in [6.07, 6.45) is -4.44. The van der Waals surface area contributed by atoms with Crippen LogP contribution in [0.4, 0.5) is 0 Å². The van der Waals surface area contributed by atoms with Gasteiger partial charge in [0.25, 0.3) is 0 Å². The predicted octanol–water partition coefficient (Wildman–Crippen LogP) is -1.61. The van der Waals surface area contributed by atoms with Crippen molar-refractivity contribution in [3.05, 3.63) is 30.3 Å². The van der Waals surface area contributed by atoms with Gasteiger partial charge in [-0.1, -0.05) is 15.0 Å². The summed E-state index contributed by atoms with van der Waals surface area (Å²) >= 11 is 0. The Morgan fingerprint density at radius 1 is 0.800 bits per heavy atom. The van der Waals surface area contributed by atoms with Gasteiger partial charge in [0.15, 0.2) is 15.1 Å². The summed E-state index contributed by atoms with van der Waals surface area (Å²) in [6, 6.07) is 0.